The van der Waals surface area contributed by atoms with Gasteiger partial charge >= 0.3 is 12.1 Å². The Morgan fingerprint density at radius 3 is 2.12 bits per heavy atom. The van der Waals surface area contributed by atoms with Gasteiger partial charge in [0.1, 0.15) is 12.6 Å². The molecule has 32 heavy (non-hydrogen) atoms. The number of hydrogen-bond donors (Lipinski definition) is 3. The van der Waals surface area contributed by atoms with Crippen molar-refractivity contribution in [3.8, 4) is 11.1 Å². The number of carbonyl (C=O) groups is 3. The van der Waals surface area contributed by atoms with E-state index in [1.807, 2.05) is 24.3 Å². The maximum absolute atomic E-state index is 12.5. The van der Waals surface area contributed by atoms with Gasteiger partial charge in [-0.15, -0.1) is 0 Å². The number of alkyl carbamates (subject to hydrolysis) is 1. The topological polar surface area (TPSA) is 105 Å². The van der Waals surface area contributed by atoms with Gasteiger partial charge in [-0.1, -0.05) is 55.5 Å². The highest BCUT2D eigenvalue weighted by Crippen LogP contribution is 2.44. The van der Waals surface area contributed by atoms with Crippen molar-refractivity contribution in [1.29, 1.82) is 0 Å². The van der Waals surface area contributed by atoms with Crippen molar-refractivity contribution < 1.29 is 24.2 Å². The van der Waals surface area contributed by atoms with E-state index in [2.05, 4.69) is 34.9 Å². The standard InChI is InChI=1S/C25H30N2O5/c1-4-21(23(29)30)26-22(28)13-14-25(2,3)27-24(31)32-15-20-18-11-7-5-9-16(18)17-10-6-8-12-19(17)20/h5-12,20-21H,4,13-15H2,1-3H3,(H,26,28)(H,27,31)(H,29,30)/t21-/m1/s1. The molecule has 0 aromatic heterocycles. The monoisotopic (exact) mass is 438 g/mol. The smallest absolute Gasteiger partial charge is 0.407 e. The number of nitrogens with one attached hydrogen (secondary N) is 2. The SMILES string of the molecule is CC[C@@H](NC(=O)CCC(C)(C)NC(=O)OCC1c2ccccc2-c2ccccc21)C(=O)O. The van der Waals surface area contributed by atoms with Crippen LogP contribution >= 0.6 is 0 Å². The van der Waals surface area contributed by atoms with Crippen LogP contribution in [0.3, 0.4) is 0 Å². The molecule has 1 aliphatic rings. The summed E-state index contributed by atoms with van der Waals surface area (Å²) in [5, 5.41) is 14.4. The summed E-state index contributed by atoms with van der Waals surface area (Å²) in [7, 11) is 0. The lowest BCUT2D eigenvalue weighted by Crippen LogP contribution is -2.46. The van der Waals surface area contributed by atoms with Gasteiger partial charge in [0.2, 0.25) is 5.91 Å². The Hall–Kier alpha value is -3.35. The van der Waals surface area contributed by atoms with Gasteiger partial charge in [-0.25, -0.2) is 9.59 Å². The molecule has 7 nitrogen and oxygen atoms in total. The summed E-state index contributed by atoms with van der Waals surface area (Å²) in [5.41, 5.74) is 3.92. The predicted molar refractivity (Wildman–Crippen MR) is 121 cm³/mol. The van der Waals surface area contributed by atoms with E-state index in [0.717, 1.165) is 22.3 Å². The summed E-state index contributed by atoms with van der Waals surface area (Å²) in [4.78, 5) is 35.6. The largest absolute Gasteiger partial charge is 0.480 e. The van der Waals surface area contributed by atoms with Crippen LogP contribution in [0, 0.1) is 0 Å². The number of carbonyl (C=O) groups excluding carboxylic acids is 2. The zero-order valence-electron chi connectivity index (χ0n) is 18.7. The van der Waals surface area contributed by atoms with E-state index in [1.165, 1.54) is 0 Å². The molecule has 0 bridgehead atoms. The minimum Gasteiger partial charge on any atom is -0.480 e. The zero-order chi connectivity index (χ0) is 23.3. The van der Waals surface area contributed by atoms with E-state index >= 15 is 0 Å². The quantitative estimate of drug-likeness (QED) is 0.548. The Morgan fingerprint density at radius 1 is 1.03 bits per heavy atom. The molecular weight excluding hydrogens is 408 g/mol. The Balaban J connectivity index is 1.53. The fraction of sp³-hybridized carbons (Fsp3) is 0.400. The lowest BCUT2D eigenvalue weighted by molar-refractivity contribution is -0.141. The molecule has 1 aliphatic carbocycles. The fourth-order valence-electron chi connectivity index (χ4n) is 4.00. The van der Waals surface area contributed by atoms with Crippen molar-refractivity contribution in [3.05, 3.63) is 59.7 Å². The molecule has 0 fully saturated rings. The molecule has 2 aromatic carbocycles. The molecule has 3 rings (SSSR count). The summed E-state index contributed by atoms with van der Waals surface area (Å²) < 4.78 is 5.57. The lowest BCUT2D eigenvalue weighted by atomic mass is 9.98. The van der Waals surface area contributed by atoms with Crippen LogP contribution in [-0.2, 0) is 14.3 Å². The summed E-state index contributed by atoms with van der Waals surface area (Å²) in [6, 6.07) is 15.4. The normalized spacial score (nSPS) is 13.6. The molecule has 2 aromatic rings. The Labute approximate surface area is 188 Å². The first-order valence-corrected chi connectivity index (χ1v) is 10.9. The van der Waals surface area contributed by atoms with Gasteiger partial charge in [0, 0.05) is 17.9 Å². The van der Waals surface area contributed by atoms with E-state index in [9.17, 15) is 14.4 Å². The molecule has 0 saturated carbocycles. The highest BCUT2D eigenvalue weighted by atomic mass is 16.5. The molecule has 3 N–H and O–H groups in total. The number of aliphatic carboxylic acids is 1. The van der Waals surface area contributed by atoms with E-state index < -0.39 is 23.6 Å². The maximum atomic E-state index is 12.5. The van der Waals surface area contributed by atoms with Gasteiger partial charge in [-0.05, 0) is 48.9 Å². The highest BCUT2D eigenvalue weighted by molar-refractivity contribution is 5.83. The summed E-state index contributed by atoms with van der Waals surface area (Å²) in [6.45, 7) is 5.52. The van der Waals surface area contributed by atoms with Gasteiger partial charge < -0.3 is 20.5 Å². The zero-order valence-corrected chi connectivity index (χ0v) is 18.7. The third-order valence-corrected chi connectivity index (χ3v) is 5.80. The number of fused-ring (bicyclic) bond motifs is 3. The molecule has 0 saturated heterocycles. The van der Waals surface area contributed by atoms with Crippen LogP contribution < -0.4 is 10.6 Å². The average molecular weight is 439 g/mol. The second-order valence-electron chi connectivity index (χ2n) is 8.70. The molecule has 7 heteroatoms. The Bertz CT molecular complexity index is 956. The predicted octanol–water partition coefficient (Wildman–Crippen LogP) is 4.06. The Morgan fingerprint density at radius 2 is 1.59 bits per heavy atom. The van der Waals surface area contributed by atoms with Gasteiger partial charge in [0.25, 0.3) is 0 Å². The first kappa shape index (κ1) is 23.3. The van der Waals surface area contributed by atoms with Gasteiger partial charge in [0.05, 0.1) is 0 Å². The molecule has 0 spiro atoms. The Kier molecular flexibility index (Phi) is 7.18. The van der Waals surface area contributed by atoms with Crippen LogP contribution in [0.5, 0.6) is 0 Å². The maximum Gasteiger partial charge on any atom is 0.407 e. The number of benzene rings is 2. The van der Waals surface area contributed by atoms with Crippen molar-refractivity contribution in [1.82, 2.24) is 10.6 Å². The third kappa shape index (κ3) is 5.46. The minimum atomic E-state index is -1.06. The van der Waals surface area contributed by atoms with Crippen molar-refractivity contribution in [3.63, 3.8) is 0 Å². The molecular formula is C25H30N2O5. The average Bonchev–Trinajstić information content (AvgIpc) is 3.08. The number of rotatable bonds is 9. The second kappa shape index (κ2) is 9.85. The summed E-state index contributed by atoms with van der Waals surface area (Å²) in [6.07, 6.45) is 0.205. The van der Waals surface area contributed by atoms with Crippen LogP contribution in [0.2, 0.25) is 0 Å². The van der Waals surface area contributed by atoms with Gasteiger partial charge in [-0.3, -0.25) is 4.79 Å². The van der Waals surface area contributed by atoms with Crippen molar-refractivity contribution in [2.24, 2.45) is 0 Å². The number of carboxylic acid groups (broad SMARTS) is 1. The van der Waals surface area contributed by atoms with E-state index in [-0.39, 0.29) is 24.9 Å². The molecule has 170 valence electrons. The van der Waals surface area contributed by atoms with E-state index in [0.29, 0.717) is 12.8 Å². The molecule has 0 unspecified atom stereocenters. The number of ether oxygens (including phenoxy) is 1. The molecule has 1 atom stereocenters. The third-order valence-electron chi connectivity index (χ3n) is 5.80. The first-order valence-electron chi connectivity index (χ1n) is 10.9. The van der Waals surface area contributed by atoms with Crippen LogP contribution in [0.1, 0.15) is 57.1 Å². The van der Waals surface area contributed by atoms with Crippen molar-refractivity contribution >= 4 is 18.0 Å². The molecule has 0 heterocycles. The summed E-state index contributed by atoms with van der Waals surface area (Å²) >= 11 is 0. The van der Waals surface area contributed by atoms with Crippen molar-refractivity contribution in [2.45, 2.75) is 57.5 Å². The van der Waals surface area contributed by atoms with E-state index in [4.69, 9.17) is 9.84 Å². The minimum absolute atomic E-state index is 0.0240. The molecule has 0 aliphatic heterocycles. The lowest BCUT2D eigenvalue weighted by Gasteiger charge is -2.26. The van der Waals surface area contributed by atoms with Crippen LogP contribution in [0.25, 0.3) is 11.1 Å². The summed E-state index contributed by atoms with van der Waals surface area (Å²) in [5.74, 6) is -1.44. The van der Waals surface area contributed by atoms with Crippen LogP contribution in [-0.4, -0.2) is 41.3 Å². The molecule has 2 amide bonds. The number of carboxylic acids is 1. The second-order valence-corrected chi connectivity index (χ2v) is 8.70. The molecule has 0 radical (unpaired) electrons. The highest BCUT2D eigenvalue weighted by Gasteiger charge is 2.30. The number of amides is 2. The van der Waals surface area contributed by atoms with Gasteiger partial charge in [-0.2, -0.15) is 0 Å². The van der Waals surface area contributed by atoms with E-state index in [1.54, 1.807) is 20.8 Å². The van der Waals surface area contributed by atoms with Gasteiger partial charge in [0.15, 0.2) is 0 Å². The van der Waals surface area contributed by atoms with Crippen LogP contribution in [0.15, 0.2) is 48.5 Å². The fourth-order valence-corrected chi connectivity index (χ4v) is 4.00. The van der Waals surface area contributed by atoms with Crippen molar-refractivity contribution in [2.75, 3.05) is 6.61 Å². The van der Waals surface area contributed by atoms with Crippen LogP contribution in [0.4, 0.5) is 4.79 Å². The number of hydrogen-bond acceptors (Lipinski definition) is 4. The first-order chi connectivity index (χ1) is 15.2.